The predicted octanol–water partition coefficient (Wildman–Crippen LogP) is -0.750. The van der Waals surface area contributed by atoms with E-state index in [1.54, 1.807) is 14.2 Å². The van der Waals surface area contributed by atoms with Crippen molar-refractivity contribution in [3.8, 4) is 0 Å². The summed E-state index contributed by atoms with van der Waals surface area (Å²) in [5.74, 6) is 0. The molecule has 0 aromatic carbocycles. The fraction of sp³-hybridized carbons (Fsp3) is 1.00. The molecule has 0 heterocycles. The highest BCUT2D eigenvalue weighted by atomic mass is 16.5. The smallest absolute Gasteiger partial charge is 0.0693 e. The van der Waals surface area contributed by atoms with E-state index in [4.69, 9.17) is 10.2 Å². The maximum absolute atomic E-state index is 7.94. The Balaban J connectivity index is 0. The van der Waals surface area contributed by atoms with E-state index >= 15 is 0 Å². The van der Waals surface area contributed by atoms with Gasteiger partial charge in [0.1, 0.15) is 0 Å². The van der Waals surface area contributed by atoms with Crippen LogP contribution in [0, 0.1) is 0 Å². The first-order valence-electron chi connectivity index (χ1n) is 3.03. The molecule has 0 aliphatic carbocycles. The van der Waals surface area contributed by atoms with Crippen molar-refractivity contribution < 1.29 is 19.7 Å². The summed E-state index contributed by atoms with van der Waals surface area (Å²) >= 11 is 0. The zero-order valence-corrected chi connectivity index (χ0v) is 6.54. The van der Waals surface area contributed by atoms with Gasteiger partial charge in [-0.1, -0.05) is 0 Å². The van der Waals surface area contributed by atoms with Crippen molar-refractivity contribution in [2.75, 3.05) is 40.6 Å². The first-order valence-corrected chi connectivity index (χ1v) is 3.03. The van der Waals surface area contributed by atoms with E-state index in [2.05, 4.69) is 9.47 Å². The van der Waals surface area contributed by atoms with E-state index in [0.717, 1.165) is 0 Å². The van der Waals surface area contributed by atoms with Crippen LogP contribution >= 0.6 is 0 Å². The monoisotopic (exact) mass is 152 g/mol. The Hall–Kier alpha value is -0.160. The van der Waals surface area contributed by atoms with Crippen LogP contribution in [0.25, 0.3) is 0 Å². The lowest BCUT2D eigenvalue weighted by molar-refractivity contribution is 0.135. The molecule has 0 aliphatic rings. The minimum absolute atomic E-state index is 0.122. The van der Waals surface area contributed by atoms with Gasteiger partial charge in [-0.05, 0) is 0 Å². The summed E-state index contributed by atoms with van der Waals surface area (Å²) in [5.41, 5.74) is 0. The lowest BCUT2D eigenvalue weighted by atomic mass is 10.8. The molecule has 0 rings (SSSR count). The molecular formula is C6H16O4. The SMILES string of the molecule is COCCO.COCCO. The lowest BCUT2D eigenvalue weighted by Crippen LogP contribution is -1.91. The first kappa shape index (κ1) is 12.5. The normalized spacial score (nSPS) is 8.40. The highest BCUT2D eigenvalue weighted by Gasteiger charge is 1.67. The Kier molecular flexibility index (Phi) is 19.9. The summed E-state index contributed by atoms with van der Waals surface area (Å²) in [4.78, 5) is 0. The number of rotatable bonds is 4. The molecule has 0 saturated carbocycles. The van der Waals surface area contributed by atoms with Crippen molar-refractivity contribution >= 4 is 0 Å². The number of aliphatic hydroxyl groups is 2. The third kappa shape index (κ3) is 24.9. The van der Waals surface area contributed by atoms with E-state index in [1.165, 1.54) is 0 Å². The second kappa shape index (κ2) is 15.9. The largest absolute Gasteiger partial charge is 0.394 e. The molecule has 4 nitrogen and oxygen atoms in total. The maximum atomic E-state index is 7.94. The van der Waals surface area contributed by atoms with Crippen LogP contribution in [-0.4, -0.2) is 50.9 Å². The van der Waals surface area contributed by atoms with Gasteiger partial charge in [0.25, 0.3) is 0 Å². The van der Waals surface area contributed by atoms with E-state index in [9.17, 15) is 0 Å². The molecule has 10 heavy (non-hydrogen) atoms. The molecule has 0 amide bonds. The Morgan fingerprint density at radius 1 is 0.900 bits per heavy atom. The molecule has 0 radical (unpaired) electrons. The molecule has 0 spiro atoms. The highest BCUT2D eigenvalue weighted by Crippen LogP contribution is 1.57. The summed E-state index contributed by atoms with van der Waals surface area (Å²) in [7, 11) is 3.10. The van der Waals surface area contributed by atoms with Gasteiger partial charge in [0.2, 0.25) is 0 Å². The van der Waals surface area contributed by atoms with Crippen LogP contribution in [0.4, 0.5) is 0 Å². The predicted molar refractivity (Wildman–Crippen MR) is 37.9 cm³/mol. The van der Waals surface area contributed by atoms with Crippen molar-refractivity contribution in [1.82, 2.24) is 0 Å². The molecule has 0 fully saturated rings. The van der Waals surface area contributed by atoms with Gasteiger partial charge >= 0.3 is 0 Å². The summed E-state index contributed by atoms with van der Waals surface area (Å²) in [6.45, 7) is 1.13. The molecule has 0 aromatic heterocycles. The van der Waals surface area contributed by atoms with Gasteiger partial charge in [-0.25, -0.2) is 0 Å². The zero-order chi connectivity index (χ0) is 8.24. The zero-order valence-electron chi connectivity index (χ0n) is 6.54. The summed E-state index contributed by atoms with van der Waals surface area (Å²) in [5, 5.41) is 15.9. The summed E-state index contributed by atoms with van der Waals surface area (Å²) < 4.78 is 8.88. The molecule has 0 unspecified atom stereocenters. The van der Waals surface area contributed by atoms with Gasteiger partial charge in [-0.3, -0.25) is 0 Å². The number of ether oxygens (including phenoxy) is 2. The van der Waals surface area contributed by atoms with E-state index < -0.39 is 0 Å². The highest BCUT2D eigenvalue weighted by molar-refractivity contribution is 4.13. The Morgan fingerprint density at radius 3 is 1.20 bits per heavy atom. The molecule has 0 aliphatic heterocycles. The van der Waals surface area contributed by atoms with Crippen molar-refractivity contribution in [3.05, 3.63) is 0 Å². The number of hydrogen-bond donors (Lipinski definition) is 2. The maximum Gasteiger partial charge on any atom is 0.0693 e. The van der Waals surface area contributed by atoms with Gasteiger partial charge in [0.05, 0.1) is 26.4 Å². The summed E-state index contributed by atoms with van der Waals surface area (Å²) in [6, 6.07) is 0. The Morgan fingerprint density at radius 2 is 1.20 bits per heavy atom. The van der Waals surface area contributed by atoms with Crippen LogP contribution in [0.15, 0.2) is 0 Å². The van der Waals surface area contributed by atoms with E-state index in [0.29, 0.717) is 13.2 Å². The average Bonchev–Trinajstić information content (AvgIpc) is 1.93. The van der Waals surface area contributed by atoms with Gasteiger partial charge in [-0.15, -0.1) is 0 Å². The van der Waals surface area contributed by atoms with E-state index in [-0.39, 0.29) is 13.2 Å². The van der Waals surface area contributed by atoms with Crippen molar-refractivity contribution in [1.29, 1.82) is 0 Å². The van der Waals surface area contributed by atoms with Crippen LogP contribution < -0.4 is 0 Å². The fourth-order valence-electron chi connectivity index (χ4n) is 0.183. The van der Waals surface area contributed by atoms with Crippen LogP contribution in [0.2, 0.25) is 0 Å². The minimum Gasteiger partial charge on any atom is -0.394 e. The summed E-state index contributed by atoms with van der Waals surface area (Å²) in [6.07, 6.45) is 0. The second-order valence-corrected chi connectivity index (χ2v) is 1.43. The molecule has 0 bridgehead atoms. The van der Waals surface area contributed by atoms with Gasteiger partial charge in [-0.2, -0.15) is 0 Å². The van der Waals surface area contributed by atoms with Crippen LogP contribution in [-0.2, 0) is 9.47 Å². The van der Waals surface area contributed by atoms with Crippen molar-refractivity contribution in [2.24, 2.45) is 0 Å². The van der Waals surface area contributed by atoms with Crippen LogP contribution in [0.5, 0.6) is 0 Å². The lowest BCUT2D eigenvalue weighted by Gasteiger charge is -1.84. The number of aliphatic hydroxyl groups excluding tert-OH is 2. The molecule has 0 saturated heterocycles. The molecule has 0 atom stereocenters. The van der Waals surface area contributed by atoms with Crippen molar-refractivity contribution in [2.45, 2.75) is 0 Å². The number of hydrogen-bond acceptors (Lipinski definition) is 4. The second-order valence-electron chi connectivity index (χ2n) is 1.43. The quantitative estimate of drug-likeness (QED) is 0.556. The number of methoxy groups -OCH3 is 2. The van der Waals surface area contributed by atoms with Gasteiger partial charge < -0.3 is 19.7 Å². The third-order valence-electron chi connectivity index (χ3n) is 0.591. The van der Waals surface area contributed by atoms with Crippen molar-refractivity contribution in [3.63, 3.8) is 0 Å². The minimum atomic E-state index is 0.122. The van der Waals surface area contributed by atoms with Crippen LogP contribution in [0.3, 0.4) is 0 Å². The molecule has 64 valence electrons. The fourth-order valence-corrected chi connectivity index (χ4v) is 0.183. The standard InChI is InChI=1S/2C3H8O2/c2*1-5-3-2-4/h2*4H,2-3H2,1H3. The molecule has 2 N–H and O–H groups in total. The van der Waals surface area contributed by atoms with Gasteiger partial charge in [0.15, 0.2) is 0 Å². The molecular weight excluding hydrogens is 136 g/mol. The van der Waals surface area contributed by atoms with Crippen LogP contribution in [0.1, 0.15) is 0 Å². The molecule has 0 aromatic rings. The Bertz CT molecular complexity index is 30.7. The Labute approximate surface area is 61.4 Å². The first-order chi connectivity index (χ1) is 4.83. The topological polar surface area (TPSA) is 58.9 Å². The third-order valence-corrected chi connectivity index (χ3v) is 0.591. The van der Waals surface area contributed by atoms with E-state index in [1.807, 2.05) is 0 Å². The molecule has 4 heteroatoms. The average molecular weight is 152 g/mol. The van der Waals surface area contributed by atoms with Gasteiger partial charge in [0, 0.05) is 14.2 Å².